The zero-order valence-electron chi connectivity index (χ0n) is 12.8. The number of nitrogens with zero attached hydrogens (tertiary/aromatic N) is 3. The summed E-state index contributed by atoms with van der Waals surface area (Å²) in [5.41, 5.74) is 1.03. The van der Waals surface area contributed by atoms with Crippen LogP contribution < -0.4 is 5.32 Å². The zero-order valence-corrected chi connectivity index (χ0v) is 12.8. The molecule has 1 amide bonds. The third-order valence-electron chi connectivity index (χ3n) is 3.52. The summed E-state index contributed by atoms with van der Waals surface area (Å²) in [6, 6.07) is 3.89. The highest BCUT2D eigenvalue weighted by Gasteiger charge is 2.11. The molecule has 1 N–H and O–H groups in total. The van der Waals surface area contributed by atoms with Gasteiger partial charge in [-0.3, -0.25) is 9.36 Å². The Kier molecular flexibility index (Phi) is 5.09. The topological polar surface area (TPSA) is 59.8 Å². The van der Waals surface area contributed by atoms with Crippen molar-refractivity contribution in [2.75, 3.05) is 0 Å². The van der Waals surface area contributed by atoms with E-state index < -0.39 is 0 Å². The van der Waals surface area contributed by atoms with Crippen LogP contribution in [0.3, 0.4) is 0 Å². The average molecular weight is 286 g/mol. The first kappa shape index (κ1) is 15.2. The van der Waals surface area contributed by atoms with E-state index in [4.69, 9.17) is 0 Å². The number of carbonyl (C=O) groups excluding carboxylic acids is 1. The maximum atomic E-state index is 11.9. The molecule has 0 aliphatic heterocycles. The predicted molar refractivity (Wildman–Crippen MR) is 82.0 cm³/mol. The monoisotopic (exact) mass is 286 g/mol. The minimum atomic E-state index is 0.0622. The second kappa shape index (κ2) is 7.02. The lowest BCUT2D eigenvalue weighted by Gasteiger charge is -2.12. The van der Waals surface area contributed by atoms with Crippen molar-refractivity contribution in [1.29, 1.82) is 0 Å². The van der Waals surface area contributed by atoms with Gasteiger partial charge in [0, 0.05) is 31.1 Å². The Balaban J connectivity index is 2.02. The van der Waals surface area contributed by atoms with Gasteiger partial charge < -0.3 is 5.32 Å². The Bertz CT molecular complexity index is 606. The molecule has 2 aromatic heterocycles. The molecule has 1 atom stereocenters. The largest absolute Gasteiger partial charge is 0.352 e. The first-order chi connectivity index (χ1) is 10.1. The van der Waals surface area contributed by atoms with Gasteiger partial charge in [-0.2, -0.15) is 0 Å². The first-order valence-electron chi connectivity index (χ1n) is 7.34. The molecule has 112 valence electrons. The van der Waals surface area contributed by atoms with Gasteiger partial charge in [0.1, 0.15) is 11.6 Å². The summed E-state index contributed by atoms with van der Waals surface area (Å²) in [7, 11) is 0. The fraction of sp³-hybridized carbons (Fsp3) is 0.438. The van der Waals surface area contributed by atoms with Crippen molar-refractivity contribution >= 4 is 5.91 Å². The number of amides is 1. The smallest absolute Gasteiger partial charge is 0.223 e. The summed E-state index contributed by atoms with van der Waals surface area (Å²) in [6.07, 6.45) is 7.32. The average Bonchev–Trinajstić information content (AvgIpc) is 2.91. The van der Waals surface area contributed by atoms with Crippen molar-refractivity contribution in [2.24, 2.45) is 5.92 Å². The van der Waals surface area contributed by atoms with Crippen molar-refractivity contribution in [2.45, 2.75) is 40.2 Å². The van der Waals surface area contributed by atoms with Crippen molar-refractivity contribution < 1.29 is 4.79 Å². The molecular weight excluding hydrogens is 264 g/mol. The van der Waals surface area contributed by atoms with Gasteiger partial charge in [-0.1, -0.05) is 20.3 Å². The minimum Gasteiger partial charge on any atom is -0.352 e. The van der Waals surface area contributed by atoms with E-state index in [1.807, 2.05) is 36.7 Å². The Morgan fingerprint density at radius 3 is 2.86 bits per heavy atom. The number of hydrogen-bond donors (Lipinski definition) is 1. The number of pyridine rings is 1. The van der Waals surface area contributed by atoms with E-state index in [-0.39, 0.29) is 11.8 Å². The van der Waals surface area contributed by atoms with Gasteiger partial charge in [0.25, 0.3) is 0 Å². The molecule has 21 heavy (non-hydrogen) atoms. The van der Waals surface area contributed by atoms with Gasteiger partial charge in [0.05, 0.1) is 0 Å². The van der Waals surface area contributed by atoms with Gasteiger partial charge >= 0.3 is 0 Å². The number of nitrogens with one attached hydrogen (secondary N) is 1. The lowest BCUT2D eigenvalue weighted by atomic mass is 10.1. The molecule has 5 heteroatoms. The number of aromatic nitrogens is 3. The Labute approximate surface area is 125 Å². The third-order valence-corrected chi connectivity index (χ3v) is 3.52. The molecular formula is C16H22N4O. The van der Waals surface area contributed by atoms with Crippen molar-refractivity contribution in [3.63, 3.8) is 0 Å². The molecule has 0 saturated heterocycles. The number of rotatable bonds is 6. The lowest BCUT2D eigenvalue weighted by molar-refractivity contribution is -0.124. The van der Waals surface area contributed by atoms with Crippen LogP contribution in [-0.4, -0.2) is 20.4 Å². The van der Waals surface area contributed by atoms with E-state index in [9.17, 15) is 4.79 Å². The molecule has 0 fully saturated rings. The van der Waals surface area contributed by atoms with E-state index in [2.05, 4.69) is 22.2 Å². The van der Waals surface area contributed by atoms with E-state index in [0.717, 1.165) is 30.0 Å². The maximum absolute atomic E-state index is 11.9. The first-order valence-corrected chi connectivity index (χ1v) is 7.34. The second-order valence-electron chi connectivity index (χ2n) is 5.27. The molecule has 2 rings (SSSR count). The van der Waals surface area contributed by atoms with E-state index >= 15 is 0 Å². The van der Waals surface area contributed by atoms with Gasteiger partial charge in [-0.05, 0) is 31.0 Å². The Morgan fingerprint density at radius 1 is 1.38 bits per heavy atom. The second-order valence-corrected chi connectivity index (χ2v) is 5.27. The van der Waals surface area contributed by atoms with Crippen LogP contribution in [-0.2, 0) is 11.3 Å². The molecule has 0 spiro atoms. The molecule has 0 aromatic carbocycles. The van der Waals surface area contributed by atoms with Crippen molar-refractivity contribution in [3.8, 4) is 5.82 Å². The Hall–Kier alpha value is -2.17. The molecule has 0 radical (unpaired) electrons. The number of hydrogen-bond acceptors (Lipinski definition) is 3. The highest BCUT2D eigenvalue weighted by molar-refractivity contribution is 5.78. The van der Waals surface area contributed by atoms with Crippen LogP contribution in [0.25, 0.3) is 5.82 Å². The molecule has 0 aliphatic carbocycles. The minimum absolute atomic E-state index is 0.0622. The standard InChI is InChI=1S/C16H22N4O/c1-4-5-12(2)16(21)19-11-14-6-7-18-15(10-14)20-9-8-17-13(20)3/h6-10,12H,4-5,11H2,1-3H3,(H,19,21)/t12-/m0/s1. The van der Waals surface area contributed by atoms with Gasteiger partial charge in [-0.25, -0.2) is 9.97 Å². The quantitative estimate of drug-likeness (QED) is 0.888. The number of carbonyl (C=O) groups is 1. The van der Waals surface area contributed by atoms with Crippen molar-refractivity contribution in [3.05, 3.63) is 42.1 Å². The van der Waals surface area contributed by atoms with E-state index in [0.29, 0.717) is 6.54 Å². The lowest BCUT2D eigenvalue weighted by Crippen LogP contribution is -2.28. The number of imidazole rings is 1. The molecule has 0 unspecified atom stereocenters. The summed E-state index contributed by atoms with van der Waals surface area (Å²) < 4.78 is 1.92. The van der Waals surface area contributed by atoms with Crippen LogP contribution >= 0.6 is 0 Å². The molecule has 0 aliphatic rings. The summed E-state index contributed by atoms with van der Waals surface area (Å²) >= 11 is 0. The molecule has 2 aromatic rings. The summed E-state index contributed by atoms with van der Waals surface area (Å²) in [5.74, 6) is 1.87. The zero-order chi connectivity index (χ0) is 15.2. The predicted octanol–water partition coefficient (Wildman–Crippen LogP) is 2.63. The maximum Gasteiger partial charge on any atom is 0.223 e. The SMILES string of the molecule is CCC[C@H](C)C(=O)NCc1ccnc(-n2ccnc2C)c1. The van der Waals surface area contributed by atoms with Crippen LogP contribution in [0.5, 0.6) is 0 Å². The highest BCUT2D eigenvalue weighted by Crippen LogP contribution is 2.10. The van der Waals surface area contributed by atoms with Gasteiger partial charge in [-0.15, -0.1) is 0 Å². The van der Waals surface area contributed by atoms with E-state index in [1.165, 1.54) is 0 Å². The Morgan fingerprint density at radius 2 is 2.19 bits per heavy atom. The third kappa shape index (κ3) is 3.90. The van der Waals surface area contributed by atoms with Gasteiger partial charge in [0.2, 0.25) is 5.91 Å². The molecule has 2 heterocycles. The van der Waals surface area contributed by atoms with Crippen LogP contribution in [0.2, 0.25) is 0 Å². The van der Waals surface area contributed by atoms with Crippen LogP contribution in [0, 0.1) is 12.8 Å². The van der Waals surface area contributed by atoms with Gasteiger partial charge in [0.15, 0.2) is 0 Å². The van der Waals surface area contributed by atoms with Crippen molar-refractivity contribution in [1.82, 2.24) is 19.9 Å². The van der Waals surface area contributed by atoms with Crippen LogP contribution in [0.4, 0.5) is 0 Å². The van der Waals surface area contributed by atoms with Crippen LogP contribution in [0.1, 0.15) is 38.1 Å². The molecule has 0 saturated carbocycles. The number of aryl methyl sites for hydroxylation is 1. The fourth-order valence-electron chi connectivity index (χ4n) is 2.25. The fourth-order valence-corrected chi connectivity index (χ4v) is 2.25. The van der Waals surface area contributed by atoms with E-state index in [1.54, 1.807) is 12.4 Å². The summed E-state index contributed by atoms with van der Waals surface area (Å²) in [6.45, 7) is 6.51. The summed E-state index contributed by atoms with van der Waals surface area (Å²) in [4.78, 5) is 20.5. The highest BCUT2D eigenvalue weighted by atomic mass is 16.1. The molecule has 5 nitrogen and oxygen atoms in total. The molecule has 0 bridgehead atoms. The summed E-state index contributed by atoms with van der Waals surface area (Å²) in [5, 5.41) is 2.98. The normalized spacial score (nSPS) is 12.1. The van der Waals surface area contributed by atoms with Crippen LogP contribution in [0.15, 0.2) is 30.7 Å².